The lowest BCUT2D eigenvalue weighted by atomic mass is 10.1. The van der Waals surface area contributed by atoms with Crippen molar-refractivity contribution in [2.75, 3.05) is 31.1 Å². The van der Waals surface area contributed by atoms with E-state index in [-0.39, 0.29) is 10.7 Å². The van der Waals surface area contributed by atoms with Crippen molar-refractivity contribution in [3.05, 3.63) is 59.4 Å². The minimum Gasteiger partial charge on any atom is -0.369 e. The largest absolute Gasteiger partial charge is 0.369 e. The van der Waals surface area contributed by atoms with Crippen LogP contribution in [0.3, 0.4) is 0 Å². The van der Waals surface area contributed by atoms with E-state index in [0.717, 1.165) is 6.42 Å². The fourth-order valence-electron chi connectivity index (χ4n) is 3.21. The number of anilines is 1. The number of sulfonamides is 1. The third-order valence-electron chi connectivity index (χ3n) is 4.72. The molecule has 1 aliphatic heterocycles. The van der Waals surface area contributed by atoms with Crippen molar-refractivity contribution in [3.8, 4) is 0 Å². The normalized spacial score (nSPS) is 16.2. The highest BCUT2D eigenvalue weighted by molar-refractivity contribution is 7.89. The maximum atomic E-state index is 13.4. The van der Waals surface area contributed by atoms with Crippen molar-refractivity contribution >= 4 is 15.7 Å². The lowest BCUT2D eigenvalue weighted by molar-refractivity contribution is 0.384. The molecule has 3 rings (SSSR count). The molecule has 2 aromatic rings. The van der Waals surface area contributed by atoms with Gasteiger partial charge in [-0.2, -0.15) is 4.31 Å². The smallest absolute Gasteiger partial charge is 0.243 e. The third kappa shape index (κ3) is 3.55. The van der Waals surface area contributed by atoms with Crippen LogP contribution in [0.4, 0.5) is 10.1 Å². The first kappa shape index (κ1) is 17.9. The third-order valence-corrected chi connectivity index (χ3v) is 6.61. The molecule has 1 fully saturated rings. The van der Waals surface area contributed by atoms with Crippen LogP contribution >= 0.6 is 0 Å². The van der Waals surface area contributed by atoms with Gasteiger partial charge in [-0.1, -0.05) is 25.1 Å². The van der Waals surface area contributed by atoms with Crippen LogP contribution in [-0.4, -0.2) is 38.9 Å². The summed E-state index contributed by atoms with van der Waals surface area (Å²) < 4.78 is 40.5. The van der Waals surface area contributed by atoms with E-state index in [0.29, 0.717) is 31.7 Å². The molecule has 0 saturated carbocycles. The topological polar surface area (TPSA) is 40.6 Å². The Balaban J connectivity index is 1.76. The van der Waals surface area contributed by atoms with Crippen molar-refractivity contribution in [2.45, 2.75) is 25.2 Å². The van der Waals surface area contributed by atoms with Gasteiger partial charge in [0.15, 0.2) is 0 Å². The maximum absolute atomic E-state index is 13.4. The summed E-state index contributed by atoms with van der Waals surface area (Å²) in [5, 5.41) is 0. The van der Waals surface area contributed by atoms with E-state index in [1.54, 1.807) is 6.92 Å². The number of hydrogen-bond acceptors (Lipinski definition) is 3. The average Bonchev–Trinajstić information content (AvgIpc) is 2.64. The number of halogens is 1. The number of nitrogens with zero attached hydrogens (tertiary/aromatic N) is 2. The number of piperazine rings is 1. The minimum absolute atomic E-state index is 0.161. The van der Waals surface area contributed by atoms with Crippen molar-refractivity contribution in [3.63, 3.8) is 0 Å². The van der Waals surface area contributed by atoms with Crippen LogP contribution in [0.15, 0.2) is 47.4 Å². The zero-order chi connectivity index (χ0) is 18.0. The van der Waals surface area contributed by atoms with Gasteiger partial charge in [-0.3, -0.25) is 0 Å². The quantitative estimate of drug-likeness (QED) is 0.839. The lowest BCUT2D eigenvalue weighted by Gasteiger charge is -2.36. The Labute approximate surface area is 148 Å². The lowest BCUT2D eigenvalue weighted by Crippen LogP contribution is -2.48. The highest BCUT2D eigenvalue weighted by atomic mass is 32.2. The maximum Gasteiger partial charge on any atom is 0.243 e. The summed E-state index contributed by atoms with van der Waals surface area (Å²) in [5.74, 6) is -0.389. The molecule has 0 aromatic heterocycles. The van der Waals surface area contributed by atoms with Gasteiger partial charge < -0.3 is 4.90 Å². The first-order valence-electron chi connectivity index (χ1n) is 8.52. The van der Waals surface area contributed by atoms with Gasteiger partial charge in [0.1, 0.15) is 5.82 Å². The van der Waals surface area contributed by atoms with Crippen molar-refractivity contribution in [1.29, 1.82) is 0 Å². The standard InChI is InChI=1S/C19H23FN2O2S/c1-3-16-6-4-5-7-19(16)21-10-12-22(13-11-21)25(23,24)17-8-9-18(20)15(2)14-17/h4-9,14H,3,10-13H2,1-2H3. The number of rotatable bonds is 4. The molecule has 2 aromatic carbocycles. The zero-order valence-corrected chi connectivity index (χ0v) is 15.4. The van der Waals surface area contributed by atoms with Crippen LogP contribution < -0.4 is 4.90 Å². The Morgan fingerprint density at radius 3 is 2.36 bits per heavy atom. The van der Waals surface area contributed by atoms with Gasteiger partial charge in [-0.15, -0.1) is 0 Å². The van der Waals surface area contributed by atoms with Crippen LogP contribution in [0.25, 0.3) is 0 Å². The Morgan fingerprint density at radius 2 is 1.72 bits per heavy atom. The fourth-order valence-corrected chi connectivity index (χ4v) is 4.72. The van der Waals surface area contributed by atoms with Gasteiger partial charge in [0.05, 0.1) is 4.90 Å². The SMILES string of the molecule is CCc1ccccc1N1CCN(S(=O)(=O)c2ccc(F)c(C)c2)CC1. The molecule has 0 aliphatic carbocycles. The van der Waals surface area contributed by atoms with E-state index >= 15 is 0 Å². The number of benzene rings is 2. The molecular formula is C19H23FN2O2S. The Bertz CT molecular complexity index is 859. The molecule has 134 valence electrons. The predicted octanol–water partition coefficient (Wildman–Crippen LogP) is 3.21. The van der Waals surface area contributed by atoms with Gasteiger partial charge in [0.2, 0.25) is 10.0 Å². The van der Waals surface area contributed by atoms with Crippen molar-refractivity contribution in [1.82, 2.24) is 4.31 Å². The highest BCUT2D eigenvalue weighted by Gasteiger charge is 2.29. The molecule has 0 N–H and O–H groups in total. The molecule has 0 spiro atoms. The molecule has 1 saturated heterocycles. The highest BCUT2D eigenvalue weighted by Crippen LogP contribution is 2.25. The Morgan fingerprint density at radius 1 is 1.04 bits per heavy atom. The summed E-state index contributed by atoms with van der Waals surface area (Å²) in [6.07, 6.45) is 0.948. The molecule has 25 heavy (non-hydrogen) atoms. The molecule has 6 heteroatoms. The molecule has 0 bridgehead atoms. The van der Waals surface area contributed by atoms with Gasteiger partial charge in [-0.25, -0.2) is 12.8 Å². The number of para-hydroxylation sites is 1. The van der Waals surface area contributed by atoms with E-state index in [9.17, 15) is 12.8 Å². The van der Waals surface area contributed by atoms with E-state index in [1.807, 2.05) is 12.1 Å². The van der Waals surface area contributed by atoms with Crippen LogP contribution in [0, 0.1) is 12.7 Å². The second kappa shape index (κ2) is 7.14. The number of hydrogen-bond donors (Lipinski definition) is 0. The summed E-state index contributed by atoms with van der Waals surface area (Å²) in [6.45, 7) is 5.85. The molecule has 0 atom stereocenters. The van der Waals surface area contributed by atoms with Crippen molar-refractivity contribution in [2.24, 2.45) is 0 Å². The summed E-state index contributed by atoms with van der Waals surface area (Å²) >= 11 is 0. The molecule has 1 aliphatic rings. The van der Waals surface area contributed by atoms with E-state index < -0.39 is 10.0 Å². The van der Waals surface area contributed by atoms with Crippen molar-refractivity contribution < 1.29 is 12.8 Å². The van der Waals surface area contributed by atoms with E-state index in [1.165, 1.54) is 33.8 Å². The molecule has 0 radical (unpaired) electrons. The van der Waals surface area contributed by atoms with Gasteiger partial charge in [-0.05, 0) is 48.7 Å². The monoisotopic (exact) mass is 362 g/mol. The molecule has 0 unspecified atom stereocenters. The molecule has 4 nitrogen and oxygen atoms in total. The van der Waals surface area contributed by atoms with Gasteiger partial charge in [0.25, 0.3) is 0 Å². The van der Waals surface area contributed by atoms with E-state index in [4.69, 9.17) is 0 Å². The van der Waals surface area contributed by atoms with Crippen LogP contribution in [-0.2, 0) is 16.4 Å². The fraction of sp³-hybridized carbons (Fsp3) is 0.368. The van der Waals surface area contributed by atoms with Crippen LogP contribution in [0.2, 0.25) is 0 Å². The molecule has 0 amide bonds. The Hall–Kier alpha value is -1.92. The summed E-state index contributed by atoms with van der Waals surface area (Å²) in [7, 11) is -3.58. The van der Waals surface area contributed by atoms with Crippen LogP contribution in [0.1, 0.15) is 18.1 Å². The molecular weight excluding hydrogens is 339 g/mol. The predicted molar refractivity (Wildman–Crippen MR) is 97.9 cm³/mol. The van der Waals surface area contributed by atoms with E-state index in [2.05, 4.69) is 24.0 Å². The second-order valence-corrected chi connectivity index (χ2v) is 8.22. The summed E-state index contributed by atoms with van der Waals surface area (Å²) in [4.78, 5) is 2.40. The zero-order valence-electron chi connectivity index (χ0n) is 14.6. The minimum atomic E-state index is -3.58. The summed E-state index contributed by atoms with van der Waals surface area (Å²) in [6, 6.07) is 12.2. The Kier molecular flexibility index (Phi) is 5.11. The van der Waals surface area contributed by atoms with Gasteiger partial charge >= 0.3 is 0 Å². The average molecular weight is 362 g/mol. The van der Waals surface area contributed by atoms with Crippen LogP contribution in [0.5, 0.6) is 0 Å². The first-order chi connectivity index (χ1) is 11.9. The molecule has 1 heterocycles. The number of aryl methyl sites for hydroxylation is 2. The second-order valence-electron chi connectivity index (χ2n) is 6.28. The van der Waals surface area contributed by atoms with Gasteiger partial charge in [0, 0.05) is 31.9 Å². The summed E-state index contributed by atoms with van der Waals surface area (Å²) in [5.41, 5.74) is 2.80. The first-order valence-corrected chi connectivity index (χ1v) is 9.96.